The molecular formula is C12H11N5OS. The molecule has 2 N–H and O–H groups in total. The second kappa shape index (κ2) is 4.43. The van der Waals surface area contributed by atoms with E-state index in [0.29, 0.717) is 11.6 Å². The smallest absolute Gasteiger partial charge is 0.142 e. The molecule has 0 aliphatic heterocycles. The zero-order chi connectivity index (χ0) is 13.4. The SMILES string of the molecule is Cc1ncc(-c2ncc(-c3cnoc3C)s2)c(N)n1. The van der Waals surface area contributed by atoms with E-state index >= 15 is 0 Å². The van der Waals surface area contributed by atoms with Gasteiger partial charge in [0.15, 0.2) is 0 Å². The van der Waals surface area contributed by atoms with Crippen LogP contribution in [0.1, 0.15) is 11.6 Å². The summed E-state index contributed by atoms with van der Waals surface area (Å²) in [7, 11) is 0. The number of aryl methyl sites for hydroxylation is 2. The number of hydrogen-bond acceptors (Lipinski definition) is 7. The number of nitrogen functional groups attached to an aromatic ring is 1. The van der Waals surface area contributed by atoms with E-state index < -0.39 is 0 Å². The Morgan fingerprint density at radius 1 is 1.11 bits per heavy atom. The number of anilines is 1. The molecule has 3 aromatic heterocycles. The Morgan fingerprint density at radius 2 is 1.95 bits per heavy atom. The maximum atomic E-state index is 5.90. The first-order chi connectivity index (χ1) is 9.15. The van der Waals surface area contributed by atoms with Crippen molar-refractivity contribution in [2.45, 2.75) is 13.8 Å². The number of rotatable bonds is 2. The van der Waals surface area contributed by atoms with Crippen LogP contribution < -0.4 is 5.73 Å². The highest BCUT2D eigenvalue weighted by Crippen LogP contribution is 2.34. The van der Waals surface area contributed by atoms with E-state index in [-0.39, 0.29) is 0 Å². The summed E-state index contributed by atoms with van der Waals surface area (Å²) < 4.78 is 5.05. The summed E-state index contributed by atoms with van der Waals surface area (Å²) in [6.07, 6.45) is 5.15. The fraction of sp³-hybridized carbons (Fsp3) is 0.167. The van der Waals surface area contributed by atoms with E-state index in [9.17, 15) is 0 Å². The molecule has 0 aliphatic carbocycles. The maximum absolute atomic E-state index is 5.90. The third-order valence-corrected chi connectivity index (χ3v) is 3.75. The Morgan fingerprint density at radius 3 is 2.63 bits per heavy atom. The van der Waals surface area contributed by atoms with Crippen LogP contribution in [0, 0.1) is 13.8 Å². The first-order valence-corrected chi connectivity index (χ1v) is 6.44. The van der Waals surface area contributed by atoms with Gasteiger partial charge >= 0.3 is 0 Å². The van der Waals surface area contributed by atoms with Gasteiger partial charge in [0.25, 0.3) is 0 Å². The van der Waals surface area contributed by atoms with Crippen molar-refractivity contribution in [3.05, 3.63) is 30.2 Å². The predicted molar refractivity (Wildman–Crippen MR) is 72.5 cm³/mol. The molecule has 0 bridgehead atoms. The van der Waals surface area contributed by atoms with Gasteiger partial charge in [0, 0.05) is 12.4 Å². The second-order valence-electron chi connectivity index (χ2n) is 4.04. The molecule has 19 heavy (non-hydrogen) atoms. The lowest BCUT2D eigenvalue weighted by atomic mass is 10.2. The Labute approximate surface area is 113 Å². The molecular weight excluding hydrogens is 262 g/mol. The Bertz CT molecular complexity index is 733. The van der Waals surface area contributed by atoms with Crippen LogP contribution in [-0.4, -0.2) is 20.1 Å². The Kier molecular flexibility index (Phi) is 2.75. The van der Waals surface area contributed by atoms with Gasteiger partial charge in [0.05, 0.1) is 22.2 Å². The molecule has 0 amide bonds. The van der Waals surface area contributed by atoms with Gasteiger partial charge in [-0.15, -0.1) is 11.3 Å². The van der Waals surface area contributed by atoms with E-state index in [2.05, 4.69) is 20.1 Å². The molecule has 0 fully saturated rings. The lowest BCUT2D eigenvalue weighted by molar-refractivity contribution is 0.398. The molecule has 0 aliphatic rings. The quantitative estimate of drug-likeness (QED) is 0.771. The highest BCUT2D eigenvalue weighted by molar-refractivity contribution is 7.18. The zero-order valence-corrected chi connectivity index (χ0v) is 11.2. The van der Waals surface area contributed by atoms with Gasteiger partial charge in [0.2, 0.25) is 0 Å². The highest BCUT2D eigenvalue weighted by Gasteiger charge is 2.13. The summed E-state index contributed by atoms with van der Waals surface area (Å²) in [5.41, 5.74) is 7.58. The van der Waals surface area contributed by atoms with Crippen molar-refractivity contribution in [1.82, 2.24) is 20.1 Å². The summed E-state index contributed by atoms with van der Waals surface area (Å²) in [6, 6.07) is 0. The molecule has 0 saturated carbocycles. The molecule has 0 saturated heterocycles. The number of nitrogens with two attached hydrogens (primary N) is 1. The fourth-order valence-electron chi connectivity index (χ4n) is 1.71. The minimum absolute atomic E-state index is 0.440. The summed E-state index contributed by atoms with van der Waals surface area (Å²) >= 11 is 1.51. The predicted octanol–water partition coefficient (Wildman–Crippen LogP) is 2.45. The minimum atomic E-state index is 0.440. The minimum Gasteiger partial charge on any atom is -0.383 e. The van der Waals surface area contributed by atoms with Crippen molar-refractivity contribution in [3.63, 3.8) is 0 Å². The lowest BCUT2D eigenvalue weighted by Crippen LogP contribution is -1.97. The second-order valence-corrected chi connectivity index (χ2v) is 5.07. The van der Waals surface area contributed by atoms with E-state index in [1.165, 1.54) is 11.3 Å². The van der Waals surface area contributed by atoms with Crippen LogP contribution in [-0.2, 0) is 0 Å². The zero-order valence-electron chi connectivity index (χ0n) is 10.4. The van der Waals surface area contributed by atoms with Crippen molar-refractivity contribution < 1.29 is 4.52 Å². The van der Waals surface area contributed by atoms with E-state index in [0.717, 1.165) is 26.8 Å². The third kappa shape index (κ3) is 2.08. The van der Waals surface area contributed by atoms with Crippen LogP contribution in [0.4, 0.5) is 5.82 Å². The number of hydrogen-bond donors (Lipinski definition) is 1. The molecule has 6 nitrogen and oxygen atoms in total. The summed E-state index contributed by atoms with van der Waals surface area (Å²) in [4.78, 5) is 13.6. The van der Waals surface area contributed by atoms with Crippen LogP contribution >= 0.6 is 11.3 Å². The van der Waals surface area contributed by atoms with Crippen molar-refractivity contribution in [2.24, 2.45) is 0 Å². The van der Waals surface area contributed by atoms with Crippen molar-refractivity contribution >= 4 is 17.2 Å². The van der Waals surface area contributed by atoms with Crippen molar-refractivity contribution in [3.8, 4) is 21.0 Å². The first kappa shape index (κ1) is 11.8. The Hall–Kier alpha value is -2.28. The van der Waals surface area contributed by atoms with E-state index in [1.54, 1.807) is 25.5 Å². The molecule has 0 radical (unpaired) electrons. The van der Waals surface area contributed by atoms with Gasteiger partial charge in [-0.3, -0.25) is 0 Å². The van der Waals surface area contributed by atoms with Gasteiger partial charge in [-0.05, 0) is 13.8 Å². The summed E-state index contributed by atoms with van der Waals surface area (Å²) in [6.45, 7) is 3.67. The molecule has 96 valence electrons. The average Bonchev–Trinajstić information content (AvgIpc) is 2.97. The van der Waals surface area contributed by atoms with Gasteiger partial charge < -0.3 is 10.3 Å². The van der Waals surface area contributed by atoms with Gasteiger partial charge in [-0.1, -0.05) is 5.16 Å². The molecule has 0 atom stereocenters. The van der Waals surface area contributed by atoms with E-state index in [4.69, 9.17) is 10.3 Å². The normalized spacial score (nSPS) is 10.8. The molecule has 3 heterocycles. The number of nitrogens with zero attached hydrogens (tertiary/aromatic N) is 4. The van der Waals surface area contributed by atoms with Crippen LogP contribution in [0.5, 0.6) is 0 Å². The van der Waals surface area contributed by atoms with Gasteiger partial charge in [-0.2, -0.15) is 0 Å². The molecule has 0 aromatic carbocycles. The van der Waals surface area contributed by atoms with Crippen molar-refractivity contribution in [2.75, 3.05) is 5.73 Å². The van der Waals surface area contributed by atoms with Crippen LogP contribution in [0.15, 0.2) is 23.1 Å². The third-order valence-electron chi connectivity index (χ3n) is 2.69. The molecule has 0 spiro atoms. The number of thiazole rings is 1. The maximum Gasteiger partial charge on any atom is 0.142 e. The molecule has 3 aromatic rings. The Balaban J connectivity index is 2.04. The molecule has 7 heteroatoms. The fourth-order valence-corrected chi connectivity index (χ4v) is 2.70. The summed E-state index contributed by atoms with van der Waals surface area (Å²) in [5.74, 6) is 1.85. The monoisotopic (exact) mass is 273 g/mol. The van der Waals surface area contributed by atoms with Gasteiger partial charge in [-0.25, -0.2) is 15.0 Å². The highest BCUT2D eigenvalue weighted by atomic mass is 32.1. The van der Waals surface area contributed by atoms with E-state index in [1.807, 2.05) is 6.92 Å². The van der Waals surface area contributed by atoms with Crippen molar-refractivity contribution in [1.29, 1.82) is 0 Å². The topological polar surface area (TPSA) is 90.7 Å². The standard InChI is InChI=1S/C12H11N5OS/c1-6-8(4-16-18-6)10-5-15-12(19-10)9-3-14-7(2)17-11(9)13/h3-5H,1-2H3,(H2,13,14,17). The average molecular weight is 273 g/mol. The molecule has 3 rings (SSSR count). The largest absolute Gasteiger partial charge is 0.383 e. The number of aromatic nitrogens is 4. The van der Waals surface area contributed by atoms with Crippen LogP contribution in [0.25, 0.3) is 21.0 Å². The lowest BCUT2D eigenvalue weighted by Gasteiger charge is -2.00. The van der Waals surface area contributed by atoms with Crippen LogP contribution in [0.3, 0.4) is 0 Å². The van der Waals surface area contributed by atoms with Crippen LogP contribution in [0.2, 0.25) is 0 Å². The first-order valence-electron chi connectivity index (χ1n) is 5.62. The summed E-state index contributed by atoms with van der Waals surface area (Å²) in [5, 5.41) is 4.55. The molecule has 0 unspecified atom stereocenters. The van der Waals surface area contributed by atoms with Gasteiger partial charge in [0.1, 0.15) is 22.4 Å².